The van der Waals surface area contributed by atoms with Crippen LogP contribution in [0.15, 0.2) is 48.7 Å². The molecule has 2 aromatic heterocycles. The van der Waals surface area contributed by atoms with Gasteiger partial charge in [0, 0.05) is 18.8 Å². The van der Waals surface area contributed by atoms with Gasteiger partial charge in [-0.15, -0.1) is 0 Å². The van der Waals surface area contributed by atoms with E-state index in [1.807, 2.05) is 30.3 Å². The molecule has 5 rings (SSSR count). The number of hydrogen-bond acceptors (Lipinski definition) is 8. The number of carbonyl (C=O) groups excluding carboxylic acids is 3. The van der Waals surface area contributed by atoms with Crippen LogP contribution in [-0.2, 0) is 16.1 Å². The van der Waals surface area contributed by atoms with Gasteiger partial charge in [0.1, 0.15) is 23.2 Å². The van der Waals surface area contributed by atoms with Crippen LogP contribution < -0.4 is 10.6 Å². The van der Waals surface area contributed by atoms with E-state index in [1.165, 1.54) is 17.2 Å². The van der Waals surface area contributed by atoms with Crippen molar-refractivity contribution in [2.24, 2.45) is 0 Å². The number of ether oxygens (including phenoxy) is 1. The van der Waals surface area contributed by atoms with Gasteiger partial charge in [-0.1, -0.05) is 41.7 Å². The second kappa shape index (κ2) is 11.0. The number of pyridine rings is 1. The van der Waals surface area contributed by atoms with E-state index in [0.717, 1.165) is 29.7 Å². The van der Waals surface area contributed by atoms with Crippen LogP contribution in [0.25, 0.3) is 11.4 Å². The Hall–Kier alpha value is -4.32. The molecule has 3 aromatic rings. The number of benzene rings is 1. The van der Waals surface area contributed by atoms with Gasteiger partial charge in [-0.3, -0.25) is 19.5 Å². The lowest BCUT2D eigenvalue weighted by Crippen LogP contribution is -2.43. The number of rotatable bonds is 8. The molecule has 1 atom stereocenters. The molecule has 1 aromatic carbocycles. The van der Waals surface area contributed by atoms with Crippen molar-refractivity contribution in [2.45, 2.75) is 44.4 Å². The first-order valence-corrected chi connectivity index (χ1v) is 13.0. The maximum atomic E-state index is 13.0. The summed E-state index contributed by atoms with van der Waals surface area (Å²) in [5.74, 6) is -1.93. The minimum atomic E-state index is -1.22. The molecular weight excluding hydrogens is 510 g/mol. The number of nitrogens with one attached hydrogen (secondary N) is 2. The van der Waals surface area contributed by atoms with E-state index in [4.69, 9.17) is 4.74 Å². The first-order valence-electron chi connectivity index (χ1n) is 12.2. The van der Waals surface area contributed by atoms with Gasteiger partial charge in [0.05, 0.1) is 11.3 Å². The Kier molecular flexibility index (Phi) is 7.31. The van der Waals surface area contributed by atoms with E-state index in [1.54, 1.807) is 6.07 Å². The lowest BCUT2D eigenvalue weighted by Gasteiger charge is -2.22. The Balaban J connectivity index is 1.26. The summed E-state index contributed by atoms with van der Waals surface area (Å²) in [6.07, 6.45) is 3.77. The van der Waals surface area contributed by atoms with E-state index in [9.17, 15) is 24.3 Å². The quantitative estimate of drug-likeness (QED) is 0.396. The summed E-state index contributed by atoms with van der Waals surface area (Å²) in [7, 11) is 0. The second-order valence-electron chi connectivity index (χ2n) is 9.06. The van der Waals surface area contributed by atoms with Crippen molar-refractivity contribution < 1.29 is 29.0 Å². The summed E-state index contributed by atoms with van der Waals surface area (Å²) in [6, 6.07) is 11.8. The van der Waals surface area contributed by atoms with Crippen LogP contribution in [0, 0.1) is 0 Å². The van der Waals surface area contributed by atoms with Crippen LogP contribution in [0.1, 0.15) is 51.3 Å². The molecule has 2 aliphatic rings. The molecule has 3 heterocycles. The van der Waals surface area contributed by atoms with Gasteiger partial charge in [-0.05, 0) is 43.4 Å². The smallest absolute Gasteiger partial charge is 0.410 e. The van der Waals surface area contributed by atoms with Crippen molar-refractivity contribution in [1.82, 2.24) is 20.2 Å². The minimum Gasteiger partial charge on any atom is -0.477 e. The average Bonchev–Trinajstić information content (AvgIpc) is 3.42. The highest BCUT2D eigenvalue weighted by atomic mass is 32.1. The number of anilines is 1. The molecule has 1 saturated heterocycles. The zero-order valence-electron chi connectivity index (χ0n) is 20.3. The van der Waals surface area contributed by atoms with Gasteiger partial charge in [0.2, 0.25) is 5.91 Å². The van der Waals surface area contributed by atoms with E-state index >= 15 is 0 Å². The number of likely N-dealkylation sites (tertiary alicyclic amines) is 1. The first kappa shape index (κ1) is 25.3. The molecule has 12 heteroatoms. The topological polar surface area (TPSA) is 151 Å². The molecule has 1 saturated carbocycles. The van der Waals surface area contributed by atoms with Crippen molar-refractivity contribution in [1.29, 1.82) is 0 Å². The van der Waals surface area contributed by atoms with Crippen LogP contribution in [-0.4, -0.2) is 62.5 Å². The number of amides is 3. The maximum Gasteiger partial charge on any atom is 0.410 e. The highest BCUT2D eigenvalue weighted by Gasteiger charge is 2.36. The third-order valence-electron chi connectivity index (χ3n) is 6.23. The summed E-state index contributed by atoms with van der Waals surface area (Å²) >= 11 is 0.797. The molecule has 196 valence electrons. The van der Waals surface area contributed by atoms with E-state index < -0.39 is 24.0 Å². The van der Waals surface area contributed by atoms with Crippen molar-refractivity contribution in [3.8, 4) is 11.4 Å². The summed E-state index contributed by atoms with van der Waals surface area (Å²) in [5.41, 5.74) is 1.54. The van der Waals surface area contributed by atoms with Crippen molar-refractivity contribution in [3.63, 3.8) is 0 Å². The molecule has 11 nitrogen and oxygen atoms in total. The fraction of sp³-hybridized carbons (Fsp3) is 0.308. The summed E-state index contributed by atoms with van der Waals surface area (Å²) in [6.45, 7) is 0.468. The molecule has 1 aliphatic carbocycles. The standard InChI is InChI=1S/C26H25N5O6S/c32-22(28-17-9-10-17)16-8-11-18(27-13-16)20-21(24(34)35)38-25(29-20)30-23(33)19-7-4-12-31(19)26(36)37-14-15-5-2-1-3-6-15/h1-3,5-6,8,11,13,17,19H,4,7,9-10,12,14H2,(H,28,32)(H,34,35)(H,29,30,33)/t19-/m1/s1. The van der Waals surface area contributed by atoms with Crippen LogP contribution in [0.5, 0.6) is 0 Å². The number of hydrogen-bond donors (Lipinski definition) is 3. The molecular formula is C26H25N5O6S. The molecule has 0 radical (unpaired) electrons. The summed E-state index contributed by atoms with van der Waals surface area (Å²) < 4.78 is 5.39. The number of aromatic carboxylic acids is 1. The molecule has 0 unspecified atom stereocenters. The molecule has 1 aliphatic heterocycles. The van der Waals surface area contributed by atoms with Crippen molar-refractivity contribution in [2.75, 3.05) is 11.9 Å². The third kappa shape index (κ3) is 5.80. The zero-order valence-corrected chi connectivity index (χ0v) is 21.1. The molecule has 0 bridgehead atoms. The zero-order chi connectivity index (χ0) is 26.6. The number of carboxylic acids is 1. The Labute approximate surface area is 221 Å². The fourth-order valence-electron chi connectivity index (χ4n) is 4.11. The number of aromatic nitrogens is 2. The van der Waals surface area contributed by atoms with Crippen molar-refractivity contribution >= 4 is 40.3 Å². The number of thiazole rings is 1. The molecule has 38 heavy (non-hydrogen) atoms. The number of nitrogens with zero attached hydrogens (tertiary/aromatic N) is 3. The van der Waals surface area contributed by atoms with E-state index in [2.05, 4.69) is 20.6 Å². The predicted octanol–water partition coefficient (Wildman–Crippen LogP) is 3.54. The predicted molar refractivity (Wildman–Crippen MR) is 138 cm³/mol. The summed E-state index contributed by atoms with van der Waals surface area (Å²) in [4.78, 5) is 59.6. The highest BCUT2D eigenvalue weighted by molar-refractivity contribution is 7.18. The SMILES string of the molecule is O=C(NC1CC1)c1ccc(-c2nc(NC(=O)[C@H]3CCCN3C(=O)OCc3ccccc3)sc2C(=O)O)nc1. The monoisotopic (exact) mass is 535 g/mol. The number of carbonyl (C=O) groups is 4. The third-order valence-corrected chi connectivity index (χ3v) is 7.19. The van der Waals surface area contributed by atoms with E-state index in [-0.39, 0.29) is 40.0 Å². The minimum absolute atomic E-state index is 0.0734. The van der Waals surface area contributed by atoms with Gasteiger partial charge >= 0.3 is 12.1 Å². The van der Waals surface area contributed by atoms with Gasteiger partial charge in [-0.2, -0.15) is 0 Å². The highest BCUT2D eigenvalue weighted by Crippen LogP contribution is 2.31. The Morgan fingerprint density at radius 2 is 1.87 bits per heavy atom. The van der Waals surface area contributed by atoms with Crippen LogP contribution in [0.2, 0.25) is 0 Å². The van der Waals surface area contributed by atoms with Gasteiger partial charge < -0.3 is 20.5 Å². The Morgan fingerprint density at radius 1 is 1.08 bits per heavy atom. The Morgan fingerprint density at radius 3 is 2.55 bits per heavy atom. The van der Waals surface area contributed by atoms with E-state index in [0.29, 0.717) is 24.9 Å². The Bertz CT molecular complexity index is 1360. The van der Waals surface area contributed by atoms with Gasteiger partial charge in [0.15, 0.2) is 5.13 Å². The molecule has 3 N–H and O–H groups in total. The largest absolute Gasteiger partial charge is 0.477 e. The second-order valence-corrected chi connectivity index (χ2v) is 10.1. The molecule has 0 spiro atoms. The molecule has 2 fully saturated rings. The lowest BCUT2D eigenvalue weighted by molar-refractivity contribution is -0.120. The van der Waals surface area contributed by atoms with Crippen LogP contribution in [0.3, 0.4) is 0 Å². The first-order chi connectivity index (χ1) is 18.4. The number of carboxylic acid groups (broad SMARTS) is 1. The normalized spacial score (nSPS) is 16.6. The van der Waals surface area contributed by atoms with Crippen LogP contribution >= 0.6 is 11.3 Å². The van der Waals surface area contributed by atoms with Crippen molar-refractivity contribution in [3.05, 3.63) is 64.7 Å². The maximum absolute atomic E-state index is 13.0. The van der Waals surface area contributed by atoms with Gasteiger partial charge in [-0.25, -0.2) is 14.6 Å². The average molecular weight is 536 g/mol. The fourth-order valence-corrected chi connectivity index (χ4v) is 4.92. The van der Waals surface area contributed by atoms with Crippen LogP contribution in [0.4, 0.5) is 9.93 Å². The summed E-state index contributed by atoms with van der Waals surface area (Å²) in [5, 5.41) is 15.3. The van der Waals surface area contributed by atoms with Gasteiger partial charge in [0.25, 0.3) is 5.91 Å². The lowest BCUT2D eigenvalue weighted by atomic mass is 10.2. The molecule has 3 amide bonds.